The summed E-state index contributed by atoms with van der Waals surface area (Å²) in [5.41, 5.74) is 0. The first-order valence-corrected chi connectivity index (χ1v) is 7.04. The lowest BCUT2D eigenvalue weighted by Gasteiger charge is -2.06. The van der Waals surface area contributed by atoms with E-state index in [9.17, 15) is 9.90 Å². The predicted octanol–water partition coefficient (Wildman–Crippen LogP) is 3.44. The second-order valence-electron chi connectivity index (χ2n) is 4.53. The summed E-state index contributed by atoms with van der Waals surface area (Å²) in [5.74, 6) is -0.0708. The molecule has 102 valence electrons. The van der Waals surface area contributed by atoms with Gasteiger partial charge in [-0.25, -0.2) is 0 Å². The van der Waals surface area contributed by atoms with Gasteiger partial charge >= 0.3 is 5.97 Å². The molecule has 1 atom stereocenters. The molecule has 0 aliphatic carbocycles. The zero-order chi connectivity index (χ0) is 12.9. The Balaban J connectivity index is 3.11. The van der Waals surface area contributed by atoms with E-state index >= 15 is 0 Å². The van der Waals surface area contributed by atoms with Gasteiger partial charge in [0.15, 0.2) is 0 Å². The molecule has 0 spiro atoms. The Hall–Kier alpha value is -0.570. The summed E-state index contributed by atoms with van der Waals surface area (Å²) in [7, 11) is 0. The van der Waals surface area contributed by atoms with Crippen molar-refractivity contribution in [3.8, 4) is 0 Å². The second-order valence-corrected chi connectivity index (χ2v) is 4.53. The maximum Gasteiger partial charge on any atom is 0.305 e. The Morgan fingerprint density at radius 1 is 1.06 bits per heavy atom. The first-order chi connectivity index (χ1) is 8.20. The lowest BCUT2D eigenvalue weighted by molar-refractivity contribution is -0.143. The van der Waals surface area contributed by atoms with Gasteiger partial charge in [-0.15, -0.1) is 0 Å². The van der Waals surface area contributed by atoms with Gasteiger partial charge < -0.3 is 9.84 Å². The third-order valence-electron chi connectivity index (χ3n) is 2.94. The van der Waals surface area contributed by atoms with E-state index in [0.717, 1.165) is 32.1 Å². The van der Waals surface area contributed by atoms with Crippen molar-refractivity contribution in [2.24, 2.45) is 0 Å². The van der Waals surface area contributed by atoms with Gasteiger partial charge in [-0.05, 0) is 26.2 Å². The van der Waals surface area contributed by atoms with Crippen LogP contribution in [0.1, 0.15) is 71.6 Å². The van der Waals surface area contributed by atoms with Gasteiger partial charge in [0, 0.05) is 6.42 Å². The van der Waals surface area contributed by atoms with Crippen LogP contribution in [-0.2, 0) is 9.53 Å². The minimum atomic E-state index is -0.112. The summed E-state index contributed by atoms with van der Waals surface area (Å²) in [6.45, 7) is 4.33. The fourth-order valence-corrected chi connectivity index (χ4v) is 1.79. The van der Waals surface area contributed by atoms with Gasteiger partial charge in [-0.2, -0.15) is 0 Å². The van der Waals surface area contributed by atoms with Gasteiger partial charge in [0.25, 0.3) is 0 Å². The van der Waals surface area contributed by atoms with Gasteiger partial charge in [-0.1, -0.05) is 39.0 Å². The molecule has 3 nitrogen and oxygen atoms in total. The van der Waals surface area contributed by atoms with Crippen LogP contribution in [0.25, 0.3) is 0 Å². The van der Waals surface area contributed by atoms with Crippen molar-refractivity contribution in [1.29, 1.82) is 0 Å². The molecule has 0 heterocycles. The maximum atomic E-state index is 11.0. The van der Waals surface area contributed by atoms with Crippen molar-refractivity contribution in [2.75, 3.05) is 6.61 Å². The predicted molar refractivity (Wildman–Crippen MR) is 69.9 cm³/mol. The molecule has 0 aliphatic rings. The third kappa shape index (κ3) is 11.7. The quantitative estimate of drug-likeness (QED) is 0.447. The van der Waals surface area contributed by atoms with E-state index in [0.29, 0.717) is 13.0 Å². The Morgan fingerprint density at radius 2 is 1.65 bits per heavy atom. The lowest BCUT2D eigenvalue weighted by atomic mass is 10.1. The normalized spacial score (nSPS) is 12.4. The van der Waals surface area contributed by atoms with Crippen molar-refractivity contribution in [3.05, 3.63) is 0 Å². The maximum absolute atomic E-state index is 11.0. The lowest BCUT2D eigenvalue weighted by Crippen LogP contribution is -2.03. The summed E-state index contributed by atoms with van der Waals surface area (Å²) in [5, 5.41) is 9.36. The number of hydrogen-bond donors (Lipinski definition) is 1. The molecule has 0 aromatic carbocycles. The minimum absolute atomic E-state index is 0.0708. The van der Waals surface area contributed by atoms with Crippen molar-refractivity contribution in [2.45, 2.75) is 77.7 Å². The summed E-state index contributed by atoms with van der Waals surface area (Å²) < 4.78 is 4.86. The van der Waals surface area contributed by atoms with E-state index in [1.54, 1.807) is 0 Å². The first-order valence-electron chi connectivity index (χ1n) is 7.04. The molecule has 1 unspecified atom stereocenters. The molecular weight excluding hydrogens is 216 g/mol. The fourth-order valence-electron chi connectivity index (χ4n) is 1.79. The monoisotopic (exact) mass is 244 g/mol. The van der Waals surface area contributed by atoms with E-state index in [1.807, 2.05) is 13.8 Å². The van der Waals surface area contributed by atoms with Crippen molar-refractivity contribution >= 4 is 5.97 Å². The zero-order valence-corrected chi connectivity index (χ0v) is 11.4. The van der Waals surface area contributed by atoms with Crippen LogP contribution < -0.4 is 0 Å². The van der Waals surface area contributed by atoms with Crippen LogP contribution in [0, 0.1) is 0 Å². The Kier molecular flexibility index (Phi) is 11.5. The highest BCUT2D eigenvalue weighted by atomic mass is 16.5. The molecule has 0 saturated carbocycles. The summed E-state index contributed by atoms with van der Waals surface area (Å²) >= 11 is 0. The molecule has 0 amide bonds. The number of carbonyl (C=O) groups is 1. The standard InChI is InChI=1S/C14H28O3/c1-3-13(15)11-9-7-5-6-8-10-12-14(16)17-4-2/h13,15H,3-12H2,1-2H3. The van der Waals surface area contributed by atoms with Crippen molar-refractivity contribution in [1.82, 2.24) is 0 Å². The van der Waals surface area contributed by atoms with Gasteiger partial charge in [0.1, 0.15) is 0 Å². The van der Waals surface area contributed by atoms with Crippen LogP contribution in [0.2, 0.25) is 0 Å². The number of carbonyl (C=O) groups excluding carboxylic acids is 1. The molecule has 0 fully saturated rings. The molecular formula is C14H28O3. The van der Waals surface area contributed by atoms with E-state index in [1.165, 1.54) is 19.3 Å². The average molecular weight is 244 g/mol. The van der Waals surface area contributed by atoms with E-state index < -0.39 is 0 Å². The van der Waals surface area contributed by atoms with E-state index in [-0.39, 0.29) is 12.1 Å². The number of rotatable bonds is 11. The first kappa shape index (κ1) is 16.4. The highest BCUT2D eigenvalue weighted by molar-refractivity contribution is 5.69. The molecule has 0 radical (unpaired) electrons. The van der Waals surface area contributed by atoms with Crippen molar-refractivity contribution < 1.29 is 14.6 Å². The molecule has 0 bridgehead atoms. The Bertz CT molecular complexity index is 180. The second kappa shape index (κ2) is 11.9. The topological polar surface area (TPSA) is 46.5 Å². The van der Waals surface area contributed by atoms with Gasteiger partial charge in [0.05, 0.1) is 12.7 Å². The van der Waals surface area contributed by atoms with Crippen LogP contribution in [-0.4, -0.2) is 23.8 Å². The number of aliphatic hydroxyl groups is 1. The van der Waals surface area contributed by atoms with Crippen LogP contribution in [0.5, 0.6) is 0 Å². The molecule has 0 saturated heterocycles. The summed E-state index contributed by atoms with van der Waals surface area (Å²) in [6, 6.07) is 0. The molecule has 17 heavy (non-hydrogen) atoms. The number of unbranched alkanes of at least 4 members (excludes halogenated alkanes) is 5. The van der Waals surface area contributed by atoms with Crippen LogP contribution in [0.3, 0.4) is 0 Å². The van der Waals surface area contributed by atoms with Gasteiger partial charge in [0.2, 0.25) is 0 Å². The summed E-state index contributed by atoms with van der Waals surface area (Å²) in [4.78, 5) is 11.0. The number of ether oxygens (including phenoxy) is 1. The molecule has 3 heteroatoms. The number of esters is 1. The zero-order valence-electron chi connectivity index (χ0n) is 11.4. The number of aliphatic hydroxyl groups excluding tert-OH is 1. The summed E-state index contributed by atoms with van der Waals surface area (Å²) in [6.07, 6.45) is 8.98. The molecule has 1 N–H and O–H groups in total. The smallest absolute Gasteiger partial charge is 0.305 e. The van der Waals surface area contributed by atoms with Crippen LogP contribution >= 0.6 is 0 Å². The molecule has 0 aromatic rings. The molecule has 0 rings (SSSR count). The minimum Gasteiger partial charge on any atom is -0.466 e. The Morgan fingerprint density at radius 3 is 2.24 bits per heavy atom. The Labute approximate surface area is 106 Å². The van der Waals surface area contributed by atoms with Gasteiger partial charge in [-0.3, -0.25) is 4.79 Å². The third-order valence-corrected chi connectivity index (χ3v) is 2.94. The average Bonchev–Trinajstić information content (AvgIpc) is 2.32. The SMILES string of the molecule is CCOC(=O)CCCCCCCCC(O)CC. The fraction of sp³-hybridized carbons (Fsp3) is 0.929. The van der Waals surface area contributed by atoms with Crippen LogP contribution in [0.4, 0.5) is 0 Å². The van der Waals surface area contributed by atoms with E-state index in [4.69, 9.17) is 4.74 Å². The van der Waals surface area contributed by atoms with Crippen LogP contribution in [0.15, 0.2) is 0 Å². The van der Waals surface area contributed by atoms with Crippen molar-refractivity contribution in [3.63, 3.8) is 0 Å². The molecule has 0 aromatic heterocycles. The van der Waals surface area contributed by atoms with E-state index in [2.05, 4.69) is 0 Å². The highest BCUT2D eigenvalue weighted by Gasteiger charge is 2.01. The molecule has 0 aliphatic heterocycles. The highest BCUT2D eigenvalue weighted by Crippen LogP contribution is 2.11. The largest absolute Gasteiger partial charge is 0.466 e. The number of hydrogen-bond acceptors (Lipinski definition) is 3.